The van der Waals surface area contributed by atoms with Gasteiger partial charge in [-0.25, -0.2) is 0 Å². The normalized spacial score (nSPS) is 16.9. The standard InChI is InChI=1S/C19H28N6O.HI/c1-20-19(21-10-3-4-11-24-14-22-23-15-24)25-12-9-17(13-25)16-5-7-18(26-2)8-6-16;/h5-8,14-15,17H,3-4,9-13H2,1-2H3,(H,20,21);1H. The van der Waals surface area contributed by atoms with E-state index in [0.717, 1.165) is 57.2 Å². The van der Waals surface area contributed by atoms with Crippen molar-refractivity contribution in [3.05, 3.63) is 42.5 Å². The molecule has 2 heterocycles. The number of unbranched alkanes of at least 4 members (excludes halogenated alkanes) is 1. The highest BCUT2D eigenvalue weighted by atomic mass is 127. The highest BCUT2D eigenvalue weighted by molar-refractivity contribution is 14.0. The van der Waals surface area contributed by atoms with Gasteiger partial charge in [0.1, 0.15) is 18.4 Å². The number of halogens is 1. The van der Waals surface area contributed by atoms with Gasteiger partial charge in [-0.3, -0.25) is 4.99 Å². The molecule has 1 aromatic heterocycles. The second-order valence-corrected chi connectivity index (χ2v) is 6.59. The van der Waals surface area contributed by atoms with Crippen LogP contribution >= 0.6 is 24.0 Å². The largest absolute Gasteiger partial charge is 0.497 e. The molecular weight excluding hydrogens is 455 g/mol. The quantitative estimate of drug-likeness (QED) is 0.284. The smallest absolute Gasteiger partial charge is 0.193 e. The van der Waals surface area contributed by atoms with Crippen LogP contribution in [0.4, 0.5) is 0 Å². The Morgan fingerprint density at radius 3 is 2.63 bits per heavy atom. The fraction of sp³-hybridized carbons (Fsp3) is 0.526. The van der Waals surface area contributed by atoms with Gasteiger partial charge in [-0.05, 0) is 37.0 Å². The van der Waals surface area contributed by atoms with Crippen molar-refractivity contribution in [1.29, 1.82) is 0 Å². The fourth-order valence-corrected chi connectivity index (χ4v) is 3.39. The summed E-state index contributed by atoms with van der Waals surface area (Å²) in [4.78, 5) is 6.82. The molecule has 1 unspecified atom stereocenters. The molecule has 1 N–H and O–H groups in total. The summed E-state index contributed by atoms with van der Waals surface area (Å²) in [5.41, 5.74) is 1.37. The summed E-state index contributed by atoms with van der Waals surface area (Å²) in [5.74, 6) is 2.46. The molecule has 1 saturated heterocycles. The van der Waals surface area contributed by atoms with Crippen molar-refractivity contribution in [3.63, 3.8) is 0 Å². The van der Waals surface area contributed by atoms with E-state index in [-0.39, 0.29) is 24.0 Å². The van der Waals surface area contributed by atoms with E-state index < -0.39 is 0 Å². The van der Waals surface area contributed by atoms with E-state index in [9.17, 15) is 0 Å². The van der Waals surface area contributed by atoms with Gasteiger partial charge < -0.3 is 19.5 Å². The number of rotatable bonds is 7. The first-order valence-electron chi connectivity index (χ1n) is 9.22. The van der Waals surface area contributed by atoms with Crippen molar-refractivity contribution < 1.29 is 4.74 Å². The van der Waals surface area contributed by atoms with Crippen molar-refractivity contribution in [2.24, 2.45) is 4.99 Å². The third-order valence-electron chi connectivity index (χ3n) is 4.88. The summed E-state index contributed by atoms with van der Waals surface area (Å²) in [6.45, 7) is 3.93. The Morgan fingerprint density at radius 1 is 1.22 bits per heavy atom. The number of benzene rings is 1. The van der Waals surface area contributed by atoms with Gasteiger partial charge in [0, 0.05) is 39.1 Å². The maximum absolute atomic E-state index is 5.25. The monoisotopic (exact) mass is 484 g/mol. The summed E-state index contributed by atoms with van der Waals surface area (Å²) in [6, 6.07) is 8.43. The number of methoxy groups -OCH3 is 1. The molecule has 1 aliphatic rings. The number of ether oxygens (including phenoxy) is 1. The van der Waals surface area contributed by atoms with Crippen LogP contribution in [0.5, 0.6) is 5.75 Å². The summed E-state index contributed by atoms with van der Waals surface area (Å²) in [5, 5.41) is 11.1. The first kappa shape index (κ1) is 21.5. The van der Waals surface area contributed by atoms with Crippen LogP contribution in [0.1, 0.15) is 30.7 Å². The van der Waals surface area contributed by atoms with E-state index in [1.807, 2.05) is 23.7 Å². The maximum atomic E-state index is 5.25. The minimum atomic E-state index is 0. The third-order valence-corrected chi connectivity index (χ3v) is 4.88. The Hall–Kier alpha value is -1.84. The van der Waals surface area contributed by atoms with Crippen LogP contribution in [0.25, 0.3) is 0 Å². The topological polar surface area (TPSA) is 67.6 Å². The molecule has 0 aliphatic carbocycles. The summed E-state index contributed by atoms with van der Waals surface area (Å²) >= 11 is 0. The number of nitrogens with zero attached hydrogens (tertiary/aromatic N) is 5. The van der Waals surface area contributed by atoms with Crippen LogP contribution in [-0.2, 0) is 6.54 Å². The van der Waals surface area contributed by atoms with Gasteiger partial charge in [0.2, 0.25) is 0 Å². The third kappa shape index (κ3) is 6.08. The van der Waals surface area contributed by atoms with Crippen LogP contribution in [0.15, 0.2) is 41.9 Å². The highest BCUT2D eigenvalue weighted by Crippen LogP contribution is 2.28. The van der Waals surface area contributed by atoms with Crippen LogP contribution < -0.4 is 10.1 Å². The molecule has 0 bridgehead atoms. The number of aliphatic imine (C=N–C) groups is 1. The number of hydrogen-bond acceptors (Lipinski definition) is 4. The number of aromatic nitrogens is 3. The summed E-state index contributed by atoms with van der Waals surface area (Å²) < 4.78 is 7.26. The average molecular weight is 484 g/mol. The number of hydrogen-bond donors (Lipinski definition) is 1. The van der Waals surface area contributed by atoms with Gasteiger partial charge >= 0.3 is 0 Å². The van der Waals surface area contributed by atoms with Crippen molar-refractivity contribution in [2.45, 2.75) is 31.7 Å². The van der Waals surface area contributed by atoms with Gasteiger partial charge in [0.15, 0.2) is 5.96 Å². The van der Waals surface area contributed by atoms with Crippen molar-refractivity contribution in [2.75, 3.05) is 33.8 Å². The van der Waals surface area contributed by atoms with Crippen LogP contribution in [-0.4, -0.2) is 59.4 Å². The molecule has 0 amide bonds. The molecule has 2 aromatic rings. The number of aryl methyl sites for hydroxylation is 1. The van der Waals surface area contributed by atoms with Gasteiger partial charge in [0.05, 0.1) is 7.11 Å². The number of likely N-dealkylation sites (tertiary alicyclic amines) is 1. The molecule has 148 valence electrons. The van der Waals surface area contributed by atoms with Gasteiger partial charge in [-0.1, -0.05) is 12.1 Å². The lowest BCUT2D eigenvalue weighted by atomic mass is 9.98. The average Bonchev–Trinajstić information content (AvgIpc) is 3.37. The predicted octanol–water partition coefficient (Wildman–Crippen LogP) is 2.75. The minimum Gasteiger partial charge on any atom is -0.497 e. The summed E-state index contributed by atoms with van der Waals surface area (Å²) in [7, 11) is 3.56. The molecule has 0 spiro atoms. The van der Waals surface area contributed by atoms with Crippen molar-refractivity contribution in [3.8, 4) is 5.75 Å². The van der Waals surface area contributed by atoms with E-state index >= 15 is 0 Å². The lowest BCUT2D eigenvalue weighted by Gasteiger charge is -2.22. The Balaban J connectivity index is 0.00000261. The summed E-state index contributed by atoms with van der Waals surface area (Å²) in [6.07, 6.45) is 6.86. The molecule has 1 atom stereocenters. The Bertz CT molecular complexity index is 689. The molecule has 8 heteroatoms. The molecule has 0 radical (unpaired) electrons. The zero-order valence-electron chi connectivity index (χ0n) is 16.0. The molecule has 27 heavy (non-hydrogen) atoms. The molecule has 7 nitrogen and oxygen atoms in total. The van der Waals surface area contributed by atoms with E-state index in [0.29, 0.717) is 5.92 Å². The van der Waals surface area contributed by atoms with E-state index in [1.165, 1.54) is 5.56 Å². The molecule has 1 aromatic carbocycles. The lowest BCUT2D eigenvalue weighted by Crippen LogP contribution is -2.40. The Morgan fingerprint density at radius 2 is 1.96 bits per heavy atom. The van der Waals surface area contributed by atoms with Crippen LogP contribution in [0, 0.1) is 0 Å². The van der Waals surface area contributed by atoms with Crippen molar-refractivity contribution in [1.82, 2.24) is 25.0 Å². The fourth-order valence-electron chi connectivity index (χ4n) is 3.39. The molecule has 1 fully saturated rings. The second kappa shape index (κ2) is 11.1. The van der Waals surface area contributed by atoms with Crippen molar-refractivity contribution >= 4 is 29.9 Å². The Labute approximate surface area is 178 Å². The minimum absolute atomic E-state index is 0. The molecule has 3 rings (SSSR count). The second-order valence-electron chi connectivity index (χ2n) is 6.59. The van der Waals surface area contributed by atoms with Crippen LogP contribution in [0.2, 0.25) is 0 Å². The van der Waals surface area contributed by atoms with E-state index in [4.69, 9.17) is 4.74 Å². The van der Waals surface area contributed by atoms with Gasteiger partial charge in [0.25, 0.3) is 0 Å². The molecule has 1 aliphatic heterocycles. The predicted molar refractivity (Wildman–Crippen MR) is 118 cm³/mol. The molecular formula is C19H29IN6O. The highest BCUT2D eigenvalue weighted by Gasteiger charge is 2.25. The first-order chi connectivity index (χ1) is 12.8. The number of nitrogens with one attached hydrogen (secondary N) is 1. The van der Waals surface area contributed by atoms with E-state index in [1.54, 1.807) is 19.8 Å². The maximum Gasteiger partial charge on any atom is 0.193 e. The van der Waals surface area contributed by atoms with Gasteiger partial charge in [-0.15, -0.1) is 34.2 Å². The van der Waals surface area contributed by atoms with E-state index in [2.05, 4.69) is 37.5 Å². The lowest BCUT2D eigenvalue weighted by molar-refractivity contribution is 0.414. The first-order valence-corrected chi connectivity index (χ1v) is 9.22. The zero-order valence-corrected chi connectivity index (χ0v) is 18.4. The Kier molecular flexibility index (Phi) is 8.83. The van der Waals surface area contributed by atoms with Gasteiger partial charge in [-0.2, -0.15) is 0 Å². The number of guanidine groups is 1. The van der Waals surface area contributed by atoms with Crippen LogP contribution in [0.3, 0.4) is 0 Å². The SMILES string of the molecule is CN=C(NCCCCn1cnnc1)N1CCC(c2ccc(OC)cc2)C1.I. The zero-order chi connectivity index (χ0) is 18.2. The molecule has 0 saturated carbocycles.